The lowest BCUT2D eigenvalue weighted by Gasteiger charge is -2.09. The Balaban J connectivity index is 2.06. The summed E-state index contributed by atoms with van der Waals surface area (Å²) in [6.07, 6.45) is 0. The standard InChI is InChI=1S/C14H13BrINO/c15-14-6-10(8-17)4-5-11(14)9-18-13-3-1-2-12(16)7-13/h1-7H,8-9,17H2. The summed E-state index contributed by atoms with van der Waals surface area (Å²) in [5.41, 5.74) is 7.83. The van der Waals surface area contributed by atoms with Crippen LogP contribution in [0, 0.1) is 3.57 Å². The first-order valence-corrected chi connectivity index (χ1v) is 7.42. The summed E-state index contributed by atoms with van der Waals surface area (Å²) in [6.45, 7) is 1.10. The molecule has 94 valence electrons. The number of benzene rings is 2. The molecule has 0 radical (unpaired) electrons. The van der Waals surface area contributed by atoms with Gasteiger partial charge in [-0.2, -0.15) is 0 Å². The van der Waals surface area contributed by atoms with Crippen molar-refractivity contribution < 1.29 is 4.74 Å². The van der Waals surface area contributed by atoms with Crippen molar-refractivity contribution in [3.63, 3.8) is 0 Å². The molecule has 0 aliphatic heterocycles. The highest BCUT2D eigenvalue weighted by Gasteiger charge is 2.02. The maximum atomic E-state index is 5.76. The second-order valence-corrected chi connectivity index (χ2v) is 5.98. The van der Waals surface area contributed by atoms with Crippen molar-refractivity contribution in [1.82, 2.24) is 0 Å². The van der Waals surface area contributed by atoms with E-state index in [0.717, 1.165) is 21.3 Å². The lowest BCUT2D eigenvalue weighted by molar-refractivity contribution is 0.305. The molecule has 0 aliphatic carbocycles. The maximum absolute atomic E-state index is 5.76. The minimum Gasteiger partial charge on any atom is -0.489 e. The molecule has 0 unspecified atom stereocenters. The van der Waals surface area contributed by atoms with Gasteiger partial charge in [0.25, 0.3) is 0 Å². The van der Waals surface area contributed by atoms with Crippen molar-refractivity contribution in [3.8, 4) is 5.75 Å². The first-order valence-electron chi connectivity index (χ1n) is 5.55. The van der Waals surface area contributed by atoms with Crippen molar-refractivity contribution in [2.75, 3.05) is 0 Å². The van der Waals surface area contributed by atoms with E-state index in [-0.39, 0.29) is 0 Å². The van der Waals surface area contributed by atoms with Gasteiger partial charge in [-0.05, 0) is 52.4 Å². The molecule has 0 aliphatic rings. The van der Waals surface area contributed by atoms with E-state index in [2.05, 4.69) is 38.5 Å². The Morgan fingerprint density at radius 3 is 2.67 bits per heavy atom. The third-order valence-corrected chi connectivity index (χ3v) is 3.95. The Bertz CT molecular complexity index is 545. The molecule has 2 rings (SSSR count). The fourth-order valence-electron chi connectivity index (χ4n) is 1.55. The van der Waals surface area contributed by atoms with Gasteiger partial charge in [0.1, 0.15) is 12.4 Å². The second kappa shape index (κ2) is 6.54. The Kier molecular flexibility index (Phi) is 5.03. The third kappa shape index (κ3) is 3.70. The van der Waals surface area contributed by atoms with Gasteiger partial charge in [0.15, 0.2) is 0 Å². The van der Waals surface area contributed by atoms with Crippen LogP contribution in [-0.2, 0) is 13.2 Å². The fourth-order valence-corrected chi connectivity index (χ4v) is 2.61. The zero-order valence-corrected chi connectivity index (χ0v) is 13.4. The molecule has 0 aromatic heterocycles. The average Bonchev–Trinajstić information content (AvgIpc) is 2.37. The number of halogens is 2. The average molecular weight is 418 g/mol. The maximum Gasteiger partial charge on any atom is 0.120 e. The molecule has 0 amide bonds. The summed E-state index contributed by atoms with van der Waals surface area (Å²) in [4.78, 5) is 0. The number of rotatable bonds is 4. The highest BCUT2D eigenvalue weighted by atomic mass is 127. The minimum atomic E-state index is 0.547. The van der Waals surface area contributed by atoms with Crippen LogP contribution in [0.4, 0.5) is 0 Å². The molecule has 2 N–H and O–H groups in total. The van der Waals surface area contributed by atoms with E-state index in [0.29, 0.717) is 13.2 Å². The molecular weight excluding hydrogens is 405 g/mol. The lowest BCUT2D eigenvalue weighted by Crippen LogP contribution is -2.00. The summed E-state index contributed by atoms with van der Waals surface area (Å²) in [6, 6.07) is 14.1. The zero-order chi connectivity index (χ0) is 13.0. The van der Waals surface area contributed by atoms with Gasteiger partial charge < -0.3 is 10.5 Å². The Morgan fingerprint density at radius 1 is 1.17 bits per heavy atom. The van der Waals surface area contributed by atoms with Gasteiger partial charge in [0, 0.05) is 20.2 Å². The predicted molar refractivity (Wildman–Crippen MR) is 85.5 cm³/mol. The Labute approximate surface area is 129 Å². The summed E-state index contributed by atoms with van der Waals surface area (Å²) in [5.74, 6) is 0.886. The van der Waals surface area contributed by atoms with E-state index in [9.17, 15) is 0 Å². The van der Waals surface area contributed by atoms with Crippen LogP contribution in [-0.4, -0.2) is 0 Å². The van der Waals surface area contributed by atoms with Gasteiger partial charge >= 0.3 is 0 Å². The normalized spacial score (nSPS) is 10.4. The van der Waals surface area contributed by atoms with Crippen molar-refractivity contribution >= 4 is 38.5 Å². The molecule has 2 nitrogen and oxygen atoms in total. The number of ether oxygens (including phenoxy) is 1. The van der Waals surface area contributed by atoms with Crippen LogP contribution in [0.2, 0.25) is 0 Å². The fraction of sp³-hybridized carbons (Fsp3) is 0.143. The van der Waals surface area contributed by atoms with E-state index >= 15 is 0 Å². The molecule has 0 saturated carbocycles. The quantitative estimate of drug-likeness (QED) is 0.760. The number of nitrogens with two attached hydrogens (primary N) is 1. The largest absolute Gasteiger partial charge is 0.489 e. The van der Waals surface area contributed by atoms with Gasteiger partial charge in [0.2, 0.25) is 0 Å². The van der Waals surface area contributed by atoms with Gasteiger partial charge in [-0.1, -0.05) is 34.1 Å². The highest BCUT2D eigenvalue weighted by Crippen LogP contribution is 2.21. The predicted octanol–water partition coefficient (Wildman–Crippen LogP) is 4.09. The molecule has 4 heteroatoms. The topological polar surface area (TPSA) is 35.2 Å². The van der Waals surface area contributed by atoms with Gasteiger partial charge in [0.05, 0.1) is 0 Å². The number of hydrogen-bond acceptors (Lipinski definition) is 2. The van der Waals surface area contributed by atoms with E-state index in [1.165, 1.54) is 3.57 Å². The van der Waals surface area contributed by atoms with E-state index < -0.39 is 0 Å². The molecule has 18 heavy (non-hydrogen) atoms. The third-order valence-electron chi connectivity index (χ3n) is 2.54. The van der Waals surface area contributed by atoms with Crippen molar-refractivity contribution in [3.05, 3.63) is 61.6 Å². The Hall–Kier alpha value is -0.590. The van der Waals surface area contributed by atoms with Crippen molar-refractivity contribution in [1.29, 1.82) is 0 Å². The summed E-state index contributed by atoms with van der Waals surface area (Å²) in [7, 11) is 0. The van der Waals surface area contributed by atoms with Gasteiger partial charge in [-0.25, -0.2) is 0 Å². The van der Waals surface area contributed by atoms with E-state index in [4.69, 9.17) is 10.5 Å². The molecular formula is C14H13BrINO. The molecule has 0 spiro atoms. The highest BCUT2D eigenvalue weighted by molar-refractivity contribution is 14.1. The van der Waals surface area contributed by atoms with E-state index in [1.807, 2.05) is 42.5 Å². The molecule has 0 saturated heterocycles. The Morgan fingerprint density at radius 2 is 2.00 bits per heavy atom. The minimum absolute atomic E-state index is 0.547. The lowest BCUT2D eigenvalue weighted by atomic mass is 10.1. The van der Waals surface area contributed by atoms with Crippen LogP contribution in [0.25, 0.3) is 0 Å². The molecule has 0 bridgehead atoms. The molecule has 2 aromatic carbocycles. The summed E-state index contributed by atoms with van der Waals surface area (Å²) in [5, 5.41) is 0. The van der Waals surface area contributed by atoms with Crippen LogP contribution in [0.15, 0.2) is 46.9 Å². The van der Waals surface area contributed by atoms with Crippen molar-refractivity contribution in [2.24, 2.45) is 5.73 Å². The van der Waals surface area contributed by atoms with Crippen LogP contribution < -0.4 is 10.5 Å². The summed E-state index contributed by atoms with van der Waals surface area (Å²) >= 11 is 5.81. The van der Waals surface area contributed by atoms with Gasteiger partial charge in [-0.15, -0.1) is 0 Å². The zero-order valence-electron chi connectivity index (χ0n) is 9.70. The molecule has 2 aromatic rings. The first-order chi connectivity index (χ1) is 8.69. The number of hydrogen-bond donors (Lipinski definition) is 1. The van der Waals surface area contributed by atoms with Crippen LogP contribution in [0.1, 0.15) is 11.1 Å². The van der Waals surface area contributed by atoms with Crippen molar-refractivity contribution in [2.45, 2.75) is 13.2 Å². The SMILES string of the molecule is NCc1ccc(COc2cccc(I)c2)c(Br)c1. The van der Waals surface area contributed by atoms with Crippen LogP contribution in [0.5, 0.6) is 5.75 Å². The van der Waals surface area contributed by atoms with Crippen LogP contribution >= 0.6 is 38.5 Å². The monoisotopic (exact) mass is 417 g/mol. The second-order valence-electron chi connectivity index (χ2n) is 3.88. The first kappa shape index (κ1) is 13.8. The molecule has 0 fully saturated rings. The smallest absolute Gasteiger partial charge is 0.120 e. The van der Waals surface area contributed by atoms with Crippen LogP contribution in [0.3, 0.4) is 0 Å². The van der Waals surface area contributed by atoms with E-state index in [1.54, 1.807) is 0 Å². The molecule has 0 atom stereocenters. The summed E-state index contributed by atoms with van der Waals surface area (Å²) < 4.78 is 7.97. The van der Waals surface area contributed by atoms with Gasteiger partial charge in [-0.3, -0.25) is 0 Å². The molecule has 0 heterocycles.